The lowest BCUT2D eigenvalue weighted by Gasteiger charge is -2.18. The predicted molar refractivity (Wildman–Crippen MR) is 245 cm³/mol. The van der Waals surface area contributed by atoms with Gasteiger partial charge in [0.1, 0.15) is 0 Å². The second kappa shape index (κ2) is 12.9. The van der Waals surface area contributed by atoms with E-state index in [4.69, 9.17) is 9.97 Å². The van der Waals surface area contributed by atoms with E-state index < -0.39 is 0 Å². The number of benzene rings is 10. The summed E-state index contributed by atoms with van der Waals surface area (Å²) in [7, 11) is 0. The minimum atomic E-state index is 0.703. The van der Waals surface area contributed by atoms with Gasteiger partial charge >= 0.3 is 0 Å². The first-order valence-corrected chi connectivity index (χ1v) is 19.9. The summed E-state index contributed by atoms with van der Waals surface area (Å²) >= 11 is 0. The zero-order valence-electron chi connectivity index (χ0n) is 31.5. The molecule has 0 radical (unpaired) electrons. The summed E-state index contributed by atoms with van der Waals surface area (Å²) in [5, 5.41) is 15.3. The molecule has 0 aliphatic carbocycles. The van der Waals surface area contributed by atoms with Crippen molar-refractivity contribution in [2.24, 2.45) is 0 Å². The van der Waals surface area contributed by atoms with Crippen molar-refractivity contribution in [3.05, 3.63) is 206 Å². The molecule has 12 rings (SSSR count). The third-order valence-electron chi connectivity index (χ3n) is 12.0. The number of hydrogen-bond donors (Lipinski definition) is 0. The Kier molecular flexibility index (Phi) is 7.26. The van der Waals surface area contributed by atoms with Crippen LogP contribution in [0.25, 0.3) is 121 Å². The molecule has 0 aliphatic rings. The molecule has 0 saturated carbocycles. The molecule has 58 heavy (non-hydrogen) atoms. The van der Waals surface area contributed by atoms with Gasteiger partial charge in [0.05, 0.1) is 11.4 Å². The molecule has 0 spiro atoms. The molecule has 0 amide bonds. The van der Waals surface area contributed by atoms with Crippen LogP contribution in [0.5, 0.6) is 0 Å². The number of fused-ring (bicyclic) bond motifs is 2. The van der Waals surface area contributed by atoms with E-state index in [1.807, 2.05) is 18.2 Å². The zero-order chi connectivity index (χ0) is 38.2. The Morgan fingerprint density at radius 3 is 1.33 bits per heavy atom. The maximum Gasteiger partial charge on any atom is 0.160 e. The third-order valence-corrected chi connectivity index (χ3v) is 12.0. The Labute approximate surface area is 335 Å². The van der Waals surface area contributed by atoms with Crippen molar-refractivity contribution < 1.29 is 0 Å². The summed E-state index contributed by atoms with van der Waals surface area (Å²) in [4.78, 5) is 10.5. The van der Waals surface area contributed by atoms with Crippen molar-refractivity contribution in [3.8, 4) is 56.2 Å². The van der Waals surface area contributed by atoms with Crippen molar-refractivity contribution in [2.75, 3.05) is 0 Å². The van der Waals surface area contributed by atoms with Gasteiger partial charge in [-0.05, 0) is 105 Å². The molecule has 0 saturated heterocycles. The van der Waals surface area contributed by atoms with Crippen LogP contribution in [-0.2, 0) is 0 Å². The van der Waals surface area contributed by atoms with Gasteiger partial charge in [-0.25, -0.2) is 9.97 Å². The predicted octanol–water partition coefficient (Wildman–Crippen LogP) is 15.2. The van der Waals surface area contributed by atoms with E-state index in [-0.39, 0.29) is 0 Å². The van der Waals surface area contributed by atoms with Crippen molar-refractivity contribution >= 4 is 64.6 Å². The van der Waals surface area contributed by atoms with E-state index >= 15 is 0 Å². The lowest BCUT2D eigenvalue weighted by atomic mass is 9.86. The molecule has 1 heterocycles. The van der Waals surface area contributed by atoms with Gasteiger partial charge in [0.15, 0.2) is 5.82 Å². The Morgan fingerprint density at radius 2 is 0.707 bits per heavy atom. The average Bonchev–Trinajstić information content (AvgIpc) is 3.30. The van der Waals surface area contributed by atoms with Gasteiger partial charge in [-0.1, -0.05) is 188 Å². The van der Waals surface area contributed by atoms with Crippen LogP contribution < -0.4 is 0 Å². The highest BCUT2D eigenvalue weighted by molar-refractivity contribution is 6.37. The van der Waals surface area contributed by atoms with Crippen LogP contribution in [0.4, 0.5) is 0 Å². The van der Waals surface area contributed by atoms with Crippen LogP contribution >= 0.6 is 0 Å². The first kappa shape index (κ1) is 32.6. The summed E-state index contributed by atoms with van der Waals surface area (Å²) in [5.41, 5.74) is 9.52. The minimum Gasteiger partial charge on any atom is -0.228 e. The lowest BCUT2D eigenvalue weighted by molar-refractivity contribution is 1.18. The van der Waals surface area contributed by atoms with Crippen LogP contribution in [0.3, 0.4) is 0 Å². The lowest BCUT2D eigenvalue weighted by Crippen LogP contribution is -1.97. The summed E-state index contributed by atoms with van der Waals surface area (Å²) in [6.45, 7) is 0. The van der Waals surface area contributed by atoms with Crippen LogP contribution in [0, 0.1) is 0 Å². The average molecular weight is 735 g/mol. The molecule has 1 aromatic heterocycles. The first-order valence-electron chi connectivity index (χ1n) is 19.9. The summed E-state index contributed by atoms with van der Waals surface area (Å²) in [5.74, 6) is 0.703. The molecule has 0 aliphatic heterocycles. The minimum absolute atomic E-state index is 0.703. The Balaban J connectivity index is 1.12. The van der Waals surface area contributed by atoms with Crippen molar-refractivity contribution in [2.45, 2.75) is 0 Å². The Bertz CT molecular complexity index is 3530. The molecule has 0 N–H and O–H groups in total. The molecule has 0 unspecified atom stereocenters. The maximum absolute atomic E-state index is 5.30. The number of rotatable bonds is 5. The molecular formula is C56H34N2. The summed E-state index contributed by atoms with van der Waals surface area (Å²) in [6.07, 6.45) is 0. The van der Waals surface area contributed by atoms with E-state index in [2.05, 4.69) is 188 Å². The van der Waals surface area contributed by atoms with Crippen LogP contribution in [0.1, 0.15) is 0 Å². The molecule has 2 nitrogen and oxygen atoms in total. The molecule has 11 aromatic carbocycles. The molecule has 0 fully saturated rings. The number of hydrogen-bond acceptors (Lipinski definition) is 2. The maximum atomic E-state index is 5.30. The van der Waals surface area contributed by atoms with E-state index in [9.17, 15) is 0 Å². The van der Waals surface area contributed by atoms with Gasteiger partial charge in [-0.3, -0.25) is 0 Å². The van der Waals surface area contributed by atoms with Gasteiger partial charge in [-0.15, -0.1) is 0 Å². The van der Waals surface area contributed by atoms with E-state index in [0.717, 1.165) is 39.2 Å². The van der Waals surface area contributed by atoms with Crippen molar-refractivity contribution in [3.63, 3.8) is 0 Å². The van der Waals surface area contributed by atoms with Gasteiger partial charge in [0, 0.05) is 16.7 Å². The van der Waals surface area contributed by atoms with Gasteiger partial charge in [0.25, 0.3) is 0 Å². The van der Waals surface area contributed by atoms with E-state index in [0.29, 0.717) is 5.82 Å². The smallest absolute Gasteiger partial charge is 0.160 e. The van der Waals surface area contributed by atoms with Crippen LogP contribution in [-0.4, -0.2) is 9.97 Å². The normalized spacial score (nSPS) is 11.8. The third kappa shape index (κ3) is 5.12. The van der Waals surface area contributed by atoms with Crippen LogP contribution in [0.2, 0.25) is 0 Å². The molecule has 2 heteroatoms. The number of nitrogens with zero attached hydrogens (tertiary/aromatic N) is 2. The van der Waals surface area contributed by atoms with Crippen molar-refractivity contribution in [1.82, 2.24) is 9.97 Å². The second-order valence-corrected chi connectivity index (χ2v) is 15.3. The topological polar surface area (TPSA) is 25.8 Å². The molecular weight excluding hydrogens is 701 g/mol. The standard InChI is InChI=1S/C56H34N2/c1-3-12-35(13-4-1)36-24-26-37(27-25-36)50-34-51(58-56(57-50)41-14-5-2-6-15-41)45-20-8-7-19-44(45)43-32-42-31-30-40-17-10-22-47-46-21-9-16-38-28-29-39-18-11-23-48(54(39)52(38)46)49(33-43)55(42)53(40)47/h1-34H. The number of aromatic nitrogens is 2. The largest absolute Gasteiger partial charge is 0.228 e. The highest BCUT2D eigenvalue weighted by Crippen LogP contribution is 2.45. The quantitative estimate of drug-likeness (QED) is 0.165. The van der Waals surface area contributed by atoms with Gasteiger partial charge in [0.2, 0.25) is 0 Å². The summed E-state index contributed by atoms with van der Waals surface area (Å²) in [6, 6.07) is 74.7. The Morgan fingerprint density at radius 1 is 0.241 bits per heavy atom. The van der Waals surface area contributed by atoms with E-state index in [1.54, 1.807) is 0 Å². The highest BCUT2D eigenvalue weighted by atomic mass is 14.9. The van der Waals surface area contributed by atoms with Crippen molar-refractivity contribution in [1.29, 1.82) is 0 Å². The monoisotopic (exact) mass is 734 g/mol. The molecule has 0 bridgehead atoms. The second-order valence-electron chi connectivity index (χ2n) is 15.3. The summed E-state index contributed by atoms with van der Waals surface area (Å²) < 4.78 is 0. The first-order chi connectivity index (χ1) is 28.7. The van der Waals surface area contributed by atoms with Crippen LogP contribution in [0.15, 0.2) is 206 Å². The SMILES string of the molecule is c1ccc(-c2ccc(-c3cc(-c4ccccc4-c4cc5ccc6cccc7c8cccc9ccc%10cccc(c(c4)c5c67)c%10c98)nc(-c4ccccc4)n3)cc2)cc1. The highest BCUT2D eigenvalue weighted by Gasteiger charge is 2.19. The van der Waals surface area contributed by atoms with Gasteiger partial charge < -0.3 is 0 Å². The fraction of sp³-hybridized carbons (Fsp3) is 0. The fourth-order valence-corrected chi connectivity index (χ4v) is 9.31. The molecule has 0 atom stereocenters. The Hall–Kier alpha value is -7.68. The molecule has 12 aromatic rings. The van der Waals surface area contributed by atoms with Gasteiger partial charge in [-0.2, -0.15) is 0 Å². The zero-order valence-corrected chi connectivity index (χ0v) is 31.5. The molecule has 268 valence electrons. The fourth-order valence-electron chi connectivity index (χ4n) is 9.31. The van der Waals surface area contributed by atoms with E-state index in [1.165, 1.54) is 75.8 Å².